The molecule has 0 aliphatic rings. The highest BCUT2D eigenvalue weighted by atomic mass is 16.5. The van der Waals surface area contributed by atoms with Crippen molar-refractivity contribution in [3.63, 3.8) is 0 Å². The predicted octanol–water partition coefficient (Wildman–Crippen LogP) is 2.92. The van der Waals surface area contributed by atoms with E-state index in [-0.39, 0.29) is 0 Å². The molecule has 0 saturated carbocycles. The predicted molar refractivity (Wildman–Crippen MR) is 83.2 cm³/mol. The molecule has 20 heavy (non-hydrogen) atoms. The molecule has 1 N–H and O–H groups in total. The second-order valence-electron chi connectivity index (χ2n) is 5.10. The third-order valence-electron chi connectivity index (χ3n) is 2.79. The van der Waals surface area contributed by atoms with Crippen molar-refractivity contribution in [2.75, 3.05) is 32.5 Å². The zero-order chi connectivity index (χ0) is 15.0. The highest BCUT2D eigenvalue weighted by molar-refractivity contribution is 5.89. The number of unbranched alkanes of at least 4 members (excludes halogenated alkanes) is 1. The van der Waals surface area contributed by atoms with Crippen molar-refractivity contribution in [2.45, 2.75) is 19.8 Å². The summed E-state index contributed by atoms with van der Waals surface area (Å²) < 4.78 is 5.29. The lowest BCUT2D eigenvalue weighted by Gasteiger charge is -2.13. The summed E-state index contributed by atoms with van der Waals surface area (Å²) in [5, 5.41) is 3.31. The van der Waals surface area contributed by atoms with Crippen molar-refractivity contribution < 1.29 is 9.53 Å². The maximum atomic E-state index is 11.6. The van der Waals surface area contributed by atoms with Crippen molar-refractivity contribution in [3.05, 3.63) is 36.4 Å². The van der Waals surface area contributed by atoms with Crippen LogP contribution in [0.25, 0.3) is 0 Å². The lowest BCUT2D eigenvalue weighted by atomic mass is 10.2. The molecule has 0 aliphatic carbocycles. The van der Waals surface area contributed by atoms with E-state index >= 15 is 0 Å². The molecule has 0 atom stereocenters. The number of hydrogen-bond donors (Lipinski definition) is 1. The minimum atomic E-state index is -0.396. The van der Waals surface area contributed by atoms with Crippen LogP contribution in [0.2, 0.25) is 0 Å². The van der Waals surface area contributed by atoms with E-state index in [1.807, 2.05) is 18.2 Å². The zero-order valence-corrected chi connectivity index (χ0v) is 12.6. The van der Waals surface area contributed by atoms with Crippen molar-refractivity contribution in [1.82, 2.24) is 4.90 Å². The van der Waals surface area contributed by atoms with Crippen molar-refractivity contribution in [1.29, 1.82) is 0 Å². The molecular formula is C16H24N2O2. The monoisotopic (exact) mass is 276 g/mol. The second kappa shape index (κ2) is 8.38. The molecule has 0 aliphatic heterocycles. The number of nitrogens with one attached hydrogen (secondary N) is 1. The number of hydrogen-bond acceptors (Lipinski definition) is 4. The summed E-state index contributed by atoms with van der Waals surface area (Å²) in [4.78, 5) is 13.7. The van der Waals surface area contributed by atoms with Gasteiger partial charge in [0, 0.05) is 12.1 Å². The maximum absolute atomic E-state index is 11.6. The van der Waals surface area contributed by atoms with Gasteiger partial charge in [0.15, 0.2) is 5.75 Å². The average Bonchev–Trinajstić information content (AvgIpc) is 2.39. The summed E-state index contributed by atoms with van der Waals surface area (Å²) in [6.07, 6.45) is 2.20. The van der Waals surface area contributed by atoms with Gasteiger partial charge in [-0.2, -0.15) is 0 Å². The van der Waals surface area contributed by atoms with E-state index in [0.29, 0.717) is 11.3 Å². The van der Waals surface area contributed by atoms with Crippen LogP contribution < -0.4 is 10.1 Å². The first-order chi connectivity index (χ1) is 9.50. The fraction of sp³-hybridized carbons (Fsp3) is 0.438. The first kappa shape index (κ1) is 16.2. The lowest BCUT2D eigenvalue weighted by molar-refractivity contribution is -0.130. The Kier molecular flexibility index (Phi) is 6.81. The number of para-hydroxylation sites is 2. The summed E-state index contributed by atoms with van der Waals surface area (Å²) >= 11 is 0. The third-order valence-corrected chi connectivity index (χ3v) is 2.79. The van der Waals surface area contributed by atoms with Gasteiger partial charge in [-0.05, 0) is 52.5 Å². The van der Waals surface area contributed by atoms with Gasteiger partial charge in [-0.3, -0.25) is 0 Å². The summed E-state index contributed by atoms with van der Waals surface area (Å²) in [7, 11) is 4.14. The van der Waals surface area contributed by atoms with Gasteiger partial charge in [0.2, 0.25) is 0 Å². The number of esters is 1. The van der Waals surface area contributed by atoms with Crippen LogP contribution >= 0.6 is 0 Å². The van der Waals surface area contributed by atoms with E-state index in [4.69, 9.17) is 4.74 Å². The molecule has 0 amide bonds. The van der Waals surface area contributed by atoms with Gasteiger partial charge in [0.25, 0.3) is 0 Å². The number of ether oxygens (including phenoxy) is 1. The fourth-order valence-corrected chi connectivity index (χ4v) is 1.66. The molecular weight excluding hydrogens is 252 g/mol. The van der Waals surface area contributed by atoms with Crippen LogP contribution in [-0.2, 0) is 4.79 Å². The Morgan fingerprint density at radius 2 is 2.00 bits per heavy atom. The van der Waals surface area contributed by atoms with E-state index in [9.17, 15) is 4.79 Å². The fourth-order valence-electron chi connectivity index (χ4n) is 1.66. The van der Waals surface area contributed by atoms with Crippen LogP contribution in [0.3, 0.4) is 0 Å². The molecule has 0 unspecified atom stereocenters. The van der Waals surface area contributed by atoms with Gasteiger partial charge in [0.05, 0.1) is 5.69 Å². The lowest BCUT2D eigenvalue weighted by Crippen LogP contribution is -2.14. The average molecular weight is 276 g/mol. The second-order valence-corrected chi connectivity index (χ2v) is 5.10. The Balaban J connectivity index is 2.49. The number of benzene rings is 1. The minimum Gasteiger partial charge on any atom is -0.421 e. The summed E-state index contributed by atoms with van der Waals surface area (Å²) in [5.74, 6) is 0.153. The van der Waals surface area contributed by atoms with Crippen LogP contribution in [0.1, 0.15) is 19.8 Å². The highest BCUT2D eigenvalue weighted by Gasteiger charge is 2.08. The zero-order valence-electron chi connectivity index (χ0n) is 12.6. The molecule has 0 aromatic heterocycles. The highest BCUT2D eigenvalue weighted by Crippen LogP contribution is 2.24. The number of nitrogens with zero attached hydrogens (tertiary/aromatic N) is 1. The van der Waals surface area contributed by atoms with Gasteiger partial charge >= 0.3 is 5.97 Å². The summed E-state index contributed by atoms with van der Waals surface area (Å²) in [6.45, 7) is 7.16. The molecule has 0 heterocycles. The summed E-state index contributed by atoms with van der Waals surface area (Å²) in [5.41, 5.74) is 1.23. The maximum Gasteiger partial charge on any atom is 0.338 e. The van der Waals surface area contributed by atoms with Crippen LogP contribution in [0.5, 0.6) is 5.75 Å². The SMILES string of the molecule is C=C(C)C(=O)Oc1ccccc1NCCCCN(C)C. The van der Waals surface area contributed by atoms with Crippen LogP contribution in [0.15, 0.2) is 36.4 Å². The van der Waals surface area contributed by atoms with E-state index in [2.05, 4.69) is 30.9 Å². The van der Waals surface area contributed by atoms with E-state index < -0.39 is 5.97 Å². The third kappa shape index (κ3) is 5.89. The molecule has 0 saturated heterocycles. The molecule has 1 aromatic rings. The smallest absolute Gasteiger partial charge is 0.338 e. The van der Waals surface area contributed by atoms with Gasteiger partial charge < -0.3 is 15.0 Å². The first-order valence-electron chi connectivity index (χ1n) is 6.86. The van der Waals surface area contributed by atoms with Gasteiger partial charge in [-0.1, -0.05) is 18.7 Å². The first-order valence-corrected chi connectivity index (χ1v) is 6.86. The number of rotatable bonds is 8. The topological polar surface area (TPSA) is 41.6 Å². The molecule has 4 heteroatoms. The summed E-state index contributed by atoms with van der Waals surface area (Å²) in [6, 6.07) is 7.45. The van der Waals surface area contributed by atoms with Crippen molar-refractivity contribution >= 4 is 11.7 Å². The van der Waals surface area contributed by atoms with Crippen LogP contribution in [0, 0.1) is 0 Å². The molecule has 1 rings (SSSR count). The van der Waals surface area contributed by atoms with E-state index in [0.717, 1.165) is 31.6 Å². The van der Waals surface area contributed by atoms with Crippen LogP contribution in [0.4, 0.5) is 5.69 Å². The molecule has 4 nitrogen and oxygen atoms in total. The van der Waals surface area contributed by atoms with E-state index in [1.165, 1.54) is 0 Å². The van der Waals surface area contributed by atoms with E-state index in [1.54, 1.807) is 13.0 Å². The molecule has 1 aromatic carbocycles. The van der Waals surface area contributed by atoms with Crippen LogP contribution in [-0.4, -0.2) is 38.1 Å². The normalized spacial score (nSPS) is 10.4. The Morgan fingerprint density at radius 1 is 1.30 bits per heavy atom. The molecule has 0 fully saturated rings. The Bertz CT molecular complexity index is 456. The largest absolute Gasteiger partial charge is 0.421 e. The Labute approximate surface area is 121 Å². The number of carbonyl (C=O) groups excluding carboxylic acids is 1. The standard InChI is InChI=1S/C16H24N2O2/c1-13(2)16(19)20-15-10-6-5-9-14(15)17-11-7-8-12-18(3)4/h5-6,9-10,17H,1,7-8,11-12H2,2-4H3. The van der Waals surface area contributed by atoms with Gasteiger partial charge in [-0.15, -0.1) is 0 Å². The van der Waals surface area contributed by atoms with Crippen molar-refractivity contribution in [3.8, 4) is 5.75 Å². The molecule has 0 spiro atoms. The number of anilines is 1. The Hall–Kier alpha value is -1.81. The van der Waals surface area contributed by atoms with Crippen molar-refractivity contribution in [2.24, 2.45) is 0 Å². The van der Waals surface area contributed by atoms with Gasteiger partial charge in [-0.25, -0.2) is 4.79 Å². The quantitative estimate of drug-likeness (QED) is 0.343. The Morgan fingerprint density at radius 3 is 2.65 bits per heavy atom. The van der Waals surface area contributed by atoms with Gasteiger partial charge in [0.1, 0.15) is 0 Å². The minimum absolute atomic E-state index is 0.394. The molecule has 110 valence electrons. The molecule has 0 radical (unpaired) electrons. The number of carbonyl (C=O) groups is 1. The molecule has 0 bridgehead atoms.